The van der Waals surface area contributed by atoms with E-state index in [0.29, 0.717) is 18.0 Å². The van der Waals surface area contributed by atoms with Crippen LogP contribution in [0.4, 0.5) is 5.69 Å². The van der Waals surface area contributed by atoms with Gasteiger partial charge in [-0.1, -0.05) is 35.9 Å². The van der Waals surface area contributed by atoms with Crippen LogP contribution in [-0.2, 0) is 19.1 Å². The van der Waals surface area contributed by atoms with Crippen LogP contribution < -0.4 is 10.1 Å². The van der Waals surface area contributed by atoms with Crippen LogP contribution in [0.1, 0.15) is 25.0 Å². The van der Waals surface area contributed by atoms with Crippen LogP contribution in [0.25, 0.3) is 6.08 Å². The summed E-state index contributed by atoms with van der Waals surface area (Å²) in [7, 11) is 1.48. The average molecular weight is 424 g/mol. The summed E-state index contributed by atoms with van der Waals surface area (Å²) in [4.78, 5) is 37.9. The van der Waals surface area contributed by atoms with Crippen molar-refractivity contribution in [2.24, 2.45) is 0 Å². The summed E-state index contributed by atoms with van der Waals surface area (Å²) < 4.78 is 10.7. The minimum Gasteiger partial charge on any atom is -0.493 e. The molecule has 0 saturated heterocycles. The van der Waals surface area contributed by atoms with Crippen molar-refractivity contribution in [3.8, 4) is 5.75 Å². The summed E-state index contributed by atoms with van der Waals surface area (Å²) in [5.74, 6) is -0.830. The summed E-state index contributed by atoms with van der Waals surface area (Å²) in [6.07, 6.45) is 1.78. The second-order valence-corrected chi connectivity index (χ2v) is 6.99. The Morgan fingerprint density at radius 1 is 1.10 bits per heavy atom. The number of ether oxygens (including phenoxy) is 2. The molecule has 0 radical (unpaired) electrons. The molecule has 0 aliphatic carbocycles. The fourth-order valence-corrected chi connectivity index (χ4v) is 2.77. The van der Waals surface area contributed by atoms with E-state index in [1.165, 1.54) is 24.9 Å². The number of carbonyl (C=O) groups is 3. The molecule has 0 unspecified atom stereocenters. The van der Waals surface area contributed by atoms with Crippen LogP contribution in [0.5, 0.6) is 5.75 Å². The average Bonchev–Trinajstić information content (AvgIpc) is 2.74. The van der Waals surface area contributed by atoms with Gasteiger partial charge in [0.05, 0.1) is 13.2 Å². The number of para-hydroxylation sites is 1. The van der Waals surface area contributed by atoms with Crippen LogP contribution in [-0.4, -0.2) is 49.0 Å². The molecule has 0 aliphatic rings. The first-order chi connectivity index (χ1) is 14.8. The number of likely N-dealkylation sites (N-methyl/N-ethyl adjacent to an activating group) is 1. The van der Waals surface area contributed by atoms with Gasteiger partial charge in [0, 0.05) is 24.4 Å². The second-order valence-electron chi connectivity index (χ2n) is 6.99. The van der Waals surface area contributed by atoms with Crippen molar-refractivity contribution in [2.75, 3.05) is 25.5 Å². The van der Waals surface area contributed by atoms with Gasteiger partial charge in [0.2, 0.25) is 5.91 Å². The molecule has 2 rings (SSSR count). The monoisotopic (exact) mass is 424 g/mol. The van der Waals surface area contributed by atoms with E-state index in [9.17, 15) is 14.4 Å². The van der Waals surface area contributed by atoms with Gasteiger partial charge in [-0.15, -0.1) is 0 Å². The van der Waals surface area contributed by atoms with Gasteiger partial charge in [0.25, 0.3) is 5.91 Å². The first kappa shape index (κ1) is 23.7. The fourth-order valence-electron chi connectivity index (χ4n) is 2.77. The molecule has 7 heteroatoms. The van der Waals surface area contributed by atoms with E-state index in [0.717, 1.165) is 11.1 Å². The Morgan fingerprint density at radius 3 is 2.45 bits per heavy atom. The predicted molar refractivity (Wildman–Crippen MR) is 120 cm³/mol. The van der Waals surface area contributed by atoms with E-state index < -0.39 is 18.0 Å². The quantitative estimate of drug-likeness (QED) is 0.492. The zero-order valence-electron chi connectivity index (χ0n) is 18.3. The summed E-state index contributed by atoms with van der Waals surface area (Å²) in [5, 5.41) is 2.73. The van der Waals surface area contributed by atoms with Gasteiger partial charge < -0.3 is 19.7 Å². The van der Waals surface area contributed by atoms with Gasteiger partial charge in [0.1, 0.15) is 5.75 Å². The molecule has 0 bridgehead atoms. The summed E-state index contributed by atoms with van der Waals surface area (Å²) in [6, 6.07) is 14.6. The summed E-state index contributed by atoms with van der Waals surface area (Å²) >= 11 is 0. The predicted octanol–water partition coefficient (Wildman–Crippen LogP) is 3.44. The Kier molecular flexibility index (Phi) is 8.81. The zero-order valence-corrected chi connectivity index (χ0v) is 18.3. The molecule has 1 atom stereocenters. The molecule has 164 valence electrons. The lowest BCUT2D eigenvalue weighted by Crippen LogP contribution is -2.41. The van der Waals surface area contributed by atoms with Crippen LogP contribution in [0.3, 0.4) is 0 Å². The van der Waals surface area contributed by atoms with Gasteiger partial charge in [-0.25, -0.2) is 4.79 Å². The summed E-state index contributed by atoms with van der Waals surface area (Å²) in [5.41, 5.74) is 2.45. The topological polar surface area (TPSA) is 84.9 Å². The third-order valence-electron chi connectivity index (χ3n) is 4.35. The molecule has 31 heavy (non-hydrogen) atoms. The Hall–Kier alpha value is -3.61. The lowest BCUT2D eigenvalue weighted by molar-refractivity contribution is -0.154. The SMILES string of the molecule is CCOc1ccccc1/C=C/C(=O)O[C@H](C)C(=O)N(C)CC(=O)Nc1ccc(C)cc1. The first-order valence-corrected chi connectivity index (χ1v) is 10.0. The Balaban J connectivity index is 1.86. The number of amides is 2. The number of hydrogen-bond acceptors (Lipinski definition) is 5. The van der Waals surface area contributed by atoms with Gasteiger partial charge in [-0.3, -0.25) is 9.59 Å². The fraction of sp³-hybridized carbons (Fsp3) is 0.292. The summed E-state index contributed by atoms with van der Waals surface area (Å²) in [6.45, 7) is 5.64. The highest BCUT2D eigenvalue weighted by Crippen LogP contribution is 2.19. The van der Waals surface area contributed by atoms with E-state index in [1.807, 2.05) is 44.2 Å². The molecule has 2 aromatic carbocycles. The normalized spacial score (nSPS) is 11.6. The zero-order chi connectivity index (χ0) is 22.8. The number of rotatable bonds is 9. The molecule has 0 heterocycles. The smallest absolute Gasteiger partial charge is 0.331 e. The van der Waals surface area contributed by atoms with Crippen molar-refractivity contribution in [3.63, 3.8) is 0 Å². The number of anilines is 1. The largest absolute Gasteiger partial charge is 0.493 e. The van der Waals surface area contributed by atoms with Gasteiger partial charge in [-0.2, -0.15) is 0 Å². The number of nitrogens with zero attached hydrogens (tertiary/aromatic N) is 1. The molecule has 1 N–H and O–H groups in total. The minimum absolute atomic E-state index is 0.161. The maximum Gasteiger partial charge on any atom is 0.331 e. The Labute approximate surface area is 182 Å². The van der Waals surface area contributed by atoms with Crippen LogP contribution in [0, 0.1) is 6.92 Å². The first-order valence-electron chi connectivity index (χ1n) is 10.0. The lowest BCUT2D eigenvalue weighted by Gasteiger charge is -2.20. The molecular formula is C24H28N2O5. The van der Waals surface area contributed by atoms with E-state index in [4.69, 9.17) is 9.47 Å². The molecule has 2 aromatic rings. The second kappa shape index (κ2) is 11.5. The van der Waals surface area contributed by atoms with Crippen molar-refractivity contribution in [1.29, 1.82) is 0 Å². The highest BCUT2D eigenvalue weighted by molar-refractivity contribution is 5.96. The third-order valence-corrected chi connectivity index (χ3v) is 4.35. The Morgan fingerprint density at radius 2 is 1.77 bits per heavy atom. The number of aryl methyl sites for hydroxylation is 1. The van der Waals surface area contributed by atoms with Gasteiger partial charge in [0.15, 0.2) is 6.10 Å². The number of esters is 1. The number of benzene rings is 2. The van der Waals surface area contributed by atoms with Crippen LogP contribution in [0.15, 0.2) is 54.6 Å². The van der Waals surface area contributed by atoms with Crippen molar-refractivity contribution < 1.29 is 23.9 Å². The molecule has 0 fully saturated rings. The molecule has 0 spiro atoms. The van der Waals surface area contributed by atoms with E-state index in [2.05, 4.69) is 5.32 Å². The minimum atomic E-state index is -1.03. The number of nitrogens with one attached hydrogen (secondary N) is 1. The van der Waals surface area contributed by atoms with Crippen molar-refractivity contribution in [2.45, 2.75) is 26.9 Å². The van der Waals surface area contributed by atoms with Gasteiger partial charge >= 0.3 is 5.97 Å². The van der Waals surface area contributed by atoms with Crippen molar-refractivity contribution in [1.82, 2.24) is 4.90 Å². The Bertz CT molecular complexity index is 937. The van der Waals surface area contributed by atoms with Crippen LogP contribution >= 0.6 is 0 Å². The number of carbonyl (C=O) groups excluding carboxylic acids is 3. The molecule has 0 aromatic heterocycles. The van der Waals surface area contributed by atoms with E-state index >= 15 is 0 Å². The standard InChI is InChI=1S/C24H28N2O5/c1-5-30-21-9-7-6-8-19(21)12-15-23(28)31-18(3)24(29)26(4)16-22(27)25-20-13-10-17(2)11-14-20/h6-15,18H,5,16H2,1-4H3,(H,25,27)/b15-12+/t18-/m1/s1. The van der Waals surface area contributed by atoms with E-state index in [-0.39, 0.29) is 12.5 Å². The molecule has 7 nitrogen and oxygen atoms in total. The number of hydrogen-bond donors (Lipinski definition) is 1. The van der Waals surface area contributed by atoms with Crippen LogP contribution in [0.2, 0.25) is 0 Å². The maximum atomic E-state index is 12.4. The third kappa shape index (κ3) is 7.62. The molecular weight excluding hydrogens is 396 g/mol. The maximum absolute atomic E-state index is 12.4. The molecule has 2 amide bonds. The molecule has 0 saturated carbocycles. The highest BCUT2D eigenvalue weighted by Gasteiger charge is 2.22. The van der Waals surface area contributed by atoms with Gasteiger partial charge in [-0.05, 0) is 45.0 Å². The van der Waals surface area contributed by atoms with Crippen molar-refractivity contribution in [3.05, 3.63) is 65.7 Å². The molecule has 0 aliphatic heterocycles. The highest BCUT2D eigenvalue weighted by atomic mass is 16.5. The lowest BCUT2D eigenvalue weighted by atomic mass is 10.2. The van der Waals surface area contributed by atoms with Crippen molar-refractivity contribution >= 4 is 29.5 Å². The van der Waals surface area contributed by atoms with E-state index in [1.54, 1.807) is 24.3 Å².